The third-order valence-corrected chi connectivity index (χ3v) is 6.05. The highest BCUT2D eigenvalue weighted by Gasteiger charge is 2.42. The number of halogens is 1. The lowest BCUT2D eigenvalue weighted by atomic mass is 9.96. The highest BCUT2D eigenvalue weighted by molar-refractivity contribution is 6.20. The number of ether oxygens (including phenoxy) is 3. The van der Waals surface area contributed by atoms with Crippen molar-refractivity contribution in [1.29, 1.82) is 0 Å². The molecule has 180 valence electrons. The Labute approximate surface area is 197 Å². The SMILES string of the molecule is COc1ccc(C2=C(C(=O)c3ccc(F)cc3)C(O)C(=O)N2CCN2CCOCC2)cc1OC. The van der Waals surface area contributed by atoms with Crippen molar-refractivity contribution in [3.63, 3.8) is 0 Å². The molecule has 1 unspecified atom stereocenters. The number of hydrogen-bond donors (Lipinski definition) is 1. The molecular formula is C25H27FN2O6. The van der Waals surface area contributed by atoms with Gasteiger partial charge in [-0.3, -0.25) is 14.5 Å². The first-order valence-electron chi connectivity index (χ1n) is 11.0. The van der Waals surface area contributed by atoms with Crippen LogP contribution in [0.4, 0.5) is 4.39 Å². The van der Waals surface area contributed by atoms with Gasteiger partial charge in [0.2, 0.25) is 0 Å². The van der Waals surface area contributed by atoms with E-state index >= 15 is 0 Å². The number of Topliss-reactive ketones (excluding diaryl/α,β-unsaturated/α-hetero) is 1. The van der Waals surface area contributed by atoms with Crippen LogP contribution >= 0.6 is 0 Å². The number of benzene rings is 2. The molecule has 1 atom stereocenters. The van der Waals surface area contributed by atoms with Crippen LogP contribution in [0.2, 0.25) is 0 Å². The Bertz CT molecular complexity index is 1100. The minimum Gasteiger partial charge on any atom is -0.493 e. The minimum atomic E-state index is -1.63. The average molecular weight is 470 g/mol. The van der Waals surface area contributed by atoms with Gasteiger partial charge in [-0.25, -0.2) is 4.39 Å². The second-order valence-electron chi connectivity index (χ2n) is 8.01. The molecule has 1 amide bonds. The van der Waals surface area contributed by atoms with Crippen molar-refractivity contribution in [2.75, 3.05) is 53.6 Å². The van der Waals surface area contributed by atoms with Crippen LogP contribution in [0.5, 0.6) is 11.5 Å². The molecule has 1 saturated heterocycles. The van der Waals surface area contributed by atoms with Crippen LogP contribution in [0.15, 0.2) is 48.0 Å². The molecule has 2 aliphatic rings. The first-order valence-corrected chi connectivity index (χ1v) is 11.0. The molecule has 0 aliphatic carbocycles. The van der Waals surface area contributed by atoms with E-state index in [-0.39, 0.29) is 17.7 Å². The number of amides is 1. The number of methoxy groups -OCH3 is 2. The Balaban J connectivity index is 1.77. The summed E-state index contributed by atoms with van der Waals surface area (Å²) in [6.07, 6.45) is -1.63. The number of aliphatic hydroxyl groups excluding tert-OH is 1. The standard InChI is InChI=1S/C25H27FN2O6/c1-32-19-8-5-17(15-20(19)33-2)22-21(23(29)16-3-6-18(26)7-4-16)24(30)25(31)28(22)10-9-27-11-13-34-14-12-27/h3-8,15,24,30H,9-14H2,1-2H3. The van der Waals surface area contributed by atoms with Gasteiger partial charge >= 0.3 is 0 Å². The molecule has 2 heterocycles. The molecule has 0 aromatic heterocycles. The number of carbonyl (C=O) groups is 2. The van der Waals surface area contributed by atoms with E-state index in [1.807, 2.05) is 0 Å². The van der Waals surface area contributed by atoms with Crippen LogP contribution in [0, 0.1) is 5.82 Å². The third-order valence-electron chi connectivity index (χ3n) is 6.05. The first-order chi connectivity index (χ1) is 16.4. The van der Waals surface area contributed by atoms with E-state index in [2.05, 4.69) is 4.90 Å². The summed E-state index contributed by atoms with van der Waals surface area (Å²) >= 11 is 0. The number of nitrogens with zero attached hydrogens (tertiary/aromatic N) is 2. The van der Waals surface area contributed by atoms with Crippen molar-refractivity contribution in [3.8, 4) is 11.5 Å². The fourth-order valence-electron chi connectivity index (χ4n) is 4.23. The van der Waals surface area contributed by atoms with Crippen LogP contribution in [-0.2, 0) is 9.53 Å². The predicted octanol–water partition coefficient (Wildman–Crippen LogP) is 1.97. The van der Waals surface area contributed by atoms with Crippen LogP contribution in [0.3, 0.4) is 0 Å². The Kier molecular flexibility index (Phi) is 7.26. The van der Waals surface area contributed by atoms with E-state index in [4.69, 9.17) is 14.2 Å². The van der Waals surface area contributed by atoms with E-state index in [1.165, 1.54) is 43.4 Å². The Hall–Kier alpha value is -3.27. The second-order valence-corrected chi connectivity index (χ2v) is 8.01. The van der Waals surface area contributed by atoms with Crippen molar-refractivity contribution in [3.05, 3.63) is 65.0 Å². The van der Waals surface area contributed by atoms with Gasteiger partial charge in [0.1, 0.15) is 5.82 Å². The maximum atomic E-state index is 13.4. The molecule has 1 N–H and O–H groups in total. The smallest absolute Gasteiger partial charge is 0.260 e. The maximum Gasteiger partial charge on any atom is 0.260 e. The molecular weight excluding hydrogens is 443 g/mol. The largest absolute Gasteiger partial charge is 0.493 e. The molecule has 34 heavy (non-hydrogen) atoms. The molecule has 0 spiro atoms. The van der Waals surface area contributed by atoms with Crippen molar-refractivity contribution >= 4 is 17.4 Å². The molecule has 0 saturated carbocycles. The van der Waals surface area contributed by atoms with Crippen molar-refractivity contribution < 1.29 is 33.3 Å². The Morgan fingerprint density at radius 1 is 1.06 bits per heavy atom. The molecule has 2 aromatic carbocycles. The van der Waals surface area contributed by atoms with Crippen LogP contribution in [0.1, 0.15) is 15.9 Å². The van der Waals surface area contributed by atoms with Crippen molar-refractivity contribution in [2.24, 2.45) is 0 Å². The second kappa shape index (κ2) is 10.3. The summed E-state index contributed by atoms with van der Waals surface area (Å²) in [5.74, 6) is -0.699. The topological polar surface area (TPSA) is 88.5 Å². The van der Waals surface area contributed by atoms with Crippen LogP contribution < -0.4 is 9.47 Å². The van der Waals surface area contributed by atoms with Crippen LogP contribution in [0.25, 0.3) is 5.70 Å². The fraction of sp³-hybridized carbons (Fsp3) is 0.360. The first kappa shape index (κ1) is 23.9. The zero-order valence-electron chi connectivity index (χ0n) is 19.1. The summed E-state index contributed by atoms with van der Waals surface area (Å²) in [5.41, 5.74) is 0.957. The van der Waals surface area contributed by atoms with E-state index in [0.29, 0.717) is 42.5 Å². The fourth-order valence-corrected chi connectivity index (χ4v) is 4.23. The normalized spacial score (nSPS) is 19.0. The summed E-state index contributed by atoms with van der Waals surface area (Å²) in [4.78, 5) is 30.2. The van der Waals surface area contributed by atoms with Gasteiger partial charge in [0.15, 0.2) is 23.4 Å². The molecule has 0 bridgehead atoms. The number of hydrogen-bond acceptors (Lipinski definition) is 7. The number of carbonyl (C=O) groups excluding carboxylic acids is 2. The van der Waals surface area contributed by atoms with Gasteiger partial charge in [0.25, 0.3) is 5.91 Å². The number of ketones is 1. The Morgan fingerprint density at radius 3 is 2.38 bits per heavy atom. The van der Waals surface area contributed by atoms with E-state index < -0.39 is 23.6 Å². The zero-order valence-corrected chi connectivity index (χ0v) is 19.1. The molecule has 8 nitrogen and oxygen atoms in total. The summed E-state index contributed by atoms with van der Waals surface area (Å²) < 4.78 is 29.5. The van der Waals surface area contributed by atoms with Gasteiger partial charge in [0.05, 0.1) is 38.7 Å². The number of morpholine rings is 1. The molecule has 9 heteroatoms. The van der Waals surface area contributed by atoms with E-state index in [9.17, 15) is 19.1 Å². The van der Waals surface area contributed by atoms with Crippen LogP contribution in [-0.4, -0.2) is 86.3 Å². The monoisotopic (exact) mass is 470 g/mol. The molecule has 2 aliphatic heterocycles. The number of rotatable bonds is 8. The highest BCUT2D eigenvalue weighted by atomic mass is 19.1. The quantitative estimate of drug-likeness (QED) is 0.590. The maximum absolute atomic E-state index is 13.4. The molecule has 1 fully saturated rings. The zero-order chi connectivity index (χ0) is 24.2. The van der Waals surface area contributed by atoms with Gasteiger partial charge in [-0.2, -0.15) is 0 Å². The van der Waals surface area contributed by atoms with Gasteiger partial charge < -0.3 is 24.2 Å². The van der Waals surface area contributed by atoms with E-state index in [1.54, 1.807) is 18.2 Å². The van der Waals surface area contributed by atoms with Crippen molar-refractivity contribution in [1.82, 2.24) is 9.80 Å². The highest BCUT2D eigenvalue weighted by Crippen LogP contribution is 2.38. The van der Waals surface area contributed by atoms with Gasteiger partial charge in [-0.15, -0.1) is 0 Å². The van der Waals surface area contributed by atoms with Gasteiger partial charge in [-0.05, 0) is 42.5 Å². The predicted molar refractivity (Wildman–Crippen MR) is 122 cm³/mol. The summed E-state index contributed by atoms with van der Waals surface area (Å²) in [6.45, 7) is 3.53. The minimum absolute atomic E-state index is 0.0502. The average Bonchev–Trinajstić information content (AvgIpc) is 3.12. The lowest BCUT2D eigenvalue weighted by Gasteiger charge is -2.29. The Morgan fingerprint density at radius 2 is 1.74 bits per heavy atom. The lowest BCUT2D eigenvalue weighted by molar-refractivity contribution is -0.133. The van der Waals surface area contributed by atoms with E-state index in [0.717, 1.165) is 13.1 Å². The van der Waals surface area contributed by atoms with Gasteiger partial charge in [-0.1, -0.05) is 0 Å². The lowest BCUT2D eigenvalue weighted by Crippen LogP contribution is -2.42. The third kappa shape index (κ3) is 4.68. The van der Waals surface area contributed by atoms with Gasteiger partial charge in [0, 0.05) is 37.3 Å². The molecule has 0 radical (unpaired) electrons. The molecule has 4 rings (SSSR count). The number of aliphatic hydroxyl groups is 1. The summed E-state index contributed by atoms with van der Waals surface area (Å²) in [6, 6.07) is 10.1. The summed E-state index contributed by atoms with van der Waals surface area (Å²) in [5, 5.41) is 10.9. The summed E-state index contributed by atoms with van der Waals surface area (Å²) in [7, 11) is 3.00. The van der Waals surface area contributed by atoms with Crippen molar-refractivity contribution in [2.45, 2.75) is 6.10 Å². The molecule has 2 aromatic rings.